The van der Waals surface area contributed by atoms with Gasteiger partial charge in [-0.3, -0.25) is 4.98 Å². The highest BCUT2D eigenvalue weighted by Crippen LogP contribution is 2.37. The molecule has 0 radical (unpaired) electrons. The number of nitrogens with zero attached hydrogens (tertiary/aromatic N) is 1. The van der Waals surface area contributed by atoms with Gasteiger partial charge >= 0.3 is 0 Å². The number of furan rings is 1. The minimum atomic E-state index is -1.68. The minimum absolute atomic E-state index is 0.575. The maximum absolute atomic E-state index is 8.91. The number of hydrogen-bond donors (Lipinski definition) is 0. The lowest BCUT2D eigenvalue weighted by atomic mass is 9.97. The Kier molecular flexibility index (Phi) is 3.63. The van der Waals surface area contributed by atoms with Gasteiger partial charge in [-0.2, -0.15) is 0 Å². The lowest BCUT2D eigenvalue weighted by Gasteiger charge is -2.08. The first kappa shape index (κ1) is 14.6. The fourth-order valence-electron chi connectivity index (χ4n) is 3.72. The Labute approximate surface area is 175 Å². The highest BCUT2D eigenvalue weighted by Gasteiger charge is 2.16. The van der Waals surface area contributed by atoms with Crippen LogP contribution in [0.3, 0.4) is 0 Å². The van der Waals surface area contributed by atoms with E-state index in [-0.39, 0.29) is 0 Å². The van der Waals surface area contributed by atoms with Crippen molar-refractivity contribution in [3.05, 3.63) is 102 Å². The van der Waals surface area contributed by atoms with E-state index in [1.807, 2.05) is 92.7 Å². The molecule has 29 heavy (non-hydrogen) atoms. The molecule has 0 spiro atoms. The summed E-state index contributed by atoms with van der Waals surface area (Å²) in [5, 5.41) is 1.63. The first-order valence-corrected chi connectivity index (χ1v) is 9.74. The fraction of sp³-hybridized carbons (Fsp3) is 0.148. The van der Waals surface area contributed by atoms with E-state index in [2.05, 4.69) is 4.98 Å². The number of benzene rings is 3. The van der Waals surface area contributed by atoms with Crippen molar-refractivity contribution in [3.63, 3.8) is 0 Å². The summed E-state index contributed by atoms with van der Waals surface area (Å²) in [6, 6.07) is 24.4. The number of fused-ring (bicyclic) bond motifs is 3. The molecule has 0 saturated carbocycles. The second kappa shape index (κ2) is 7.21. The number of para-hydroxylation sites is 1. The first-order valence-electron chi connectivity index (χ1n) is 11.2. The summed E-state index contributed by atoms with van der Waals surface area (Å²) in [6.45, 7) is 3.71. The van der Waals surface area contributed by atoms with E-state index in [0.717, 1.165) is 27.6 Å². The Bertz CT molecular complexity index is 1430. The van der Waals surface area contributed by atoms with E-state index < -0.39 is 12.3 Å². The predicted octanol–water partition coefficient (Wildman–Crippen LogP) is 7.36. The van der Waals surface area contributed by atoms with Crippen LogP contribution >= 0.6 is 0 Å². The summed E-state index contributed by atoms with van der Waals surface area (Å²) in [7, 11) is 0. The summed E-state index contributed by atoms with van der Waals surface area (Å²) >= 11 is 0. The van der Waals surface area contributed by atoms with Crippen molar-refractivity contribution in [3.8, 4) is 11.3 Å². The van der Waals surface area contributed by atoms with Gasteiger partial charge in [-0.1, -0.05) is 68.4 Å². The van der Waals surface area contributed by atoms with E-state index in [1.54, 1.807) is 6.20 Å². The molecule has 0 fully saturated rings. The van der Waals surface area contributed by atoms with Crippen LogP contribution in [0.5, 0.6) is 0 Å². The molecule has 3 aromatic carbocycles. The zero-order valence-electron chi connectivity index (χ0n) is 19.4. The number of rotatable bonds is 4. The molecule has 5 rings (SSSR count). The van der Waals surface area contributed by atoms with Gasteiger partial charge in [0.05, 0.1) is 5.69 Å². The molecule has 0 aliphatic rings. The van der Waals surface area contributed by atoms with Crippen molar-refractivity contribution >= 4 is 21.9 Å². The lowest BCUT2D eigenvalue weighted by molar-refractivity contribution is 0.669. The molecule has 0 amide bonds. The van der Waals surface area contributed by atoms with Crippen LogP contribution in [0.2, 0.25) is 0 Å². The van der Waals surface area contributed by atoms with Crippen LogP contribution in [0.1, 0.15) is 40.5 Å². The molecule has 0 aliphatic carbocycles. The smallest absolute Gasteiger partial charge is 0.144 e. The van der Waals surface area contributed by atoms with E-state index in [4.69, 9.17) is 8.53 Å². The topological polar surface area (TPSA) is 26.0 Å². The van der Waals surface area contributed by atoms with Crippen LogP contribution in [-0.2, 0) is 6.37 Å². The molecule has 142 valence electrons. The van der Waals surface area contributed by atoms with Gasteiger partial charge in [0.1, 0.15) is 11.2 Å². The third-order valence-corrected chi connectivity index (χ3v) is 5.19. The van der Waals surface area contributed by atoms with Gasteiger partial charge in [0, 0.05) is 26.6 Å². The Morgan fingerprint density at radius 2 is 1.79 bits per heavy atom. The third kappa shape index (κ3) is 3.21. The quantitative estimate of drug-likeness (QED) is 0.325. The molecule has 0 saturated heterocycles. The molecule has 2 heteroatoms. The van der Waals surface area contributed by atoms with Crippen LogP contribution in [0.15, 0.2) is 89.5 Å². The monoisotopic (exact) mass is 380 g/mol. The minimum Gasteiger partial charge on any atom is -0.455 e. The average Bonchev–Trinajstić information content (AvgIpc) is 3.18. The van der Waals surface area contributed by atoms with Crippen LogP contribution in [0, 0.1) is 0 Å². The third-order valence-electron chi connectivity index (χ3n) is 5.19. The maximum Gasteiger partial charge on any atom is 0.144 e. The van der Waals surface area contributed by atoms with Gasteiger partial charge in [0.2, 0.25) is 0 Å². The molecule has 0 bridgehead atoms. The van der Waals surface area contributed by atoms with Crippen LogP contribution in [0.4, 0.5) is 0 Å². The molecule has 2 heterocycles. The van der Waals surface area contributed by atoms with Crippen molar-refractivity contribution in [2.24, 2.45) is 0 Å². The van der Waals surface area contributed by atoms with E-state index in [9.17, 15) is 0 Å². The van der Waals surface area contributed by atoms with Crippen molar-refractivity contribution in [2.45, 2.75) is 26.1 Å². The Hall–Kier alpha value is -3.39. The highest BCUT2D eigenvalue weighted by molar-refractivity contribution is 6.10. The Balaban J connectivity index is 1.76. The second-order valence-electron chi connectivity index (χ2n) is 7.38. The van der Waals surface area contributed by atoms with Gasteiger partial charge in [0.25, 0.3) is 0 Å². The molecule has 2 nitrogen and oxygen atoms in total. The molecule has 2 aromatic heterocycles. The van der Waals surface area contributed by atoms with E-state index in [1.165, 1.54) is 0 Å². The van der Waals surface area contributed by atoms with Crippen molar-refractivity contribution < 1.29 is 8.53 Å². The summed E-state index contributed by atoms with van der Waals surface area (Å²) in [4.78, 5) is 4.54. The van der Waals surface area contributed by atoms with Crippen molar-refractivity contribution in [1.82, 2.24) is 4.98 Å². The average molecular weight is 381 g/mol. The Morgan fingerprint density at radius 1 is 0.966 bits per heavy atom. The standard InChI is InChI=1S/C27H23NO/c1-18(2)20-14-15-28-24(17-20)22-11-7-12-23-26-21(16-19-8-4-3-5-9-19)10-6-13-25(26)29-27(22)23/h3-15,17-18H,16H2,1-2H3/i16D2,18D. The SMILES string of the molecule is [2H]C(C)(C)c1ccnc(-c2cccc3c2oc2cccc(C([2H])([2H])c4ccccc4)c23)c1. The zero-order chi connectivity index (χ0) is 22.5. The molecular formula is C27H23NO. The summed E-state index contributed by atoms with van der Waals surface area (Å²) in [5.41, 5.74) is 4.93. The van der Waals surface area contributed by atoms with Crippen LogP contribution in [0.25, 0.3) is 33.2 Å². The zero-order valence-corrected chi connectivity index (χ0v) is 16.4. The van der Waals surface area contributed by atoms with Gasteiger partial charge in [-0.05, 0) is 53.2 Å². The lowest BCUT2D eigenvalue weighted by Crippen LogP contribution is -1.91. The fourth-order valence-corrected chi connectivity index (χ4v) is 3.72. The van der Waals surface area contributed by atoms with Gasteiger partial charge in [0.15, 0.2) is 0 Å². The first-order chi connectivity index (χ1) is 15.3. The highest BCUT2D eigenvalue weighted by atomic mass is 16.3. The number of aromatic nitrogens is 1. The predicted molar refractivity (Wildman–Crippen MR) is 120 cm³/mol. The summed E-state index contributed by atoms with van der Waals surface area (Å²) in [6.07, 6.45) is 0.0445. The summed E-state index contributed by atoms with van der Waals surface area (Å²) < 4.78 is 32.5. The maximum atomic E-state index is 8.91. The molecular weight excluding hydrogens is 354 g/mol. The van der Waals surface area contributed by atoms with Crippen LogP contribution in [-0.4, -0.2) is 4.98 Å². The van der Waals surface area contributed by atoms with E-state index >= 15 is 0 Å². The number of hydrogen-bond acceptors (Lipinski definition) is 2. The molecule has 0 N–H and O–H groups in total. The second-order valence-corrected chi connectivity index (χ2v) is 7.38. The largest absolute Gasteiger partial charge is 0.455 e. The van der Waals surface area contributed by atoms with Gasteiger partial charge < -0.3 is 4.42 Å². The summed E-state index contributed by atoms with van der Waals surface area (Å²) in [5.74, 6) is -0.738. The van der Waals surface area contributed by atoms with E-state index in [0.29, 0.717) is 22.3 Å². The van der Waals surface area contributed by atoms with Crippen LogP contribution < -0.4 is 0 Å². The van der Waals surface area contributed by atoms with Crippen molar-refractivity contribution in [2.75, 3.05) is 0 Å². The Morgan fingerprint density at radius 3 is 2.62 bits per heavy atom. The van der Waals surface area contributed by atoms with Gasteiger partial charge in [-0.15, -0.1) is 0 Å². The molecule has 5 aromatic rings. The molecule has 0 aliphatic heterocycles. The van der Waals surface area contributed by atoms with Gasteiger partial charge in [-0.25, -0.2) is 0 Å². The van der Waals surface area contributed by atoms with Crippen molar-refractivity contribution in [1.29, 1.82) is 0 Å². The number of pyridine rings is 1. The molecule has 0 unspecified atom stereocenters. The normalized spacial score (nSPS) is 13.9. The molecule has 0 atom stereocenters.